The van der Waals surface area contributed by atoms with Crippen LogP contribution in [0.15, 0.2) is 47.4 Å². The number of carbonyl (C=O) groups is 1. The van der Waals surface area contributed by atoms with Crippen LogP contribution in [0, 0.1) is 0 Å². The maximum absolute atomic E-state index is 12.3. The summed E-state index contributed by atoms with van der Waals surface area (Å²) in [6, 6.07) is 10.6. The van der Waals surface area contributed by atoms with Gasteiger partial charge in [0.15, 0.2) is 6.10 Å². The topological polar surface area (TPSA) is 84.5 Å². The molecule has 2 aromatic rings. The van der Waals surface area contributed by atoms with Crippen molar-refractivity contribution in [1.82, 2.24) is 0 Å². The summed E-state index contributed by atoms with van der Waals surface area (Å²) >= 11 is 5.82. The zero-order valence-corrected chi connectivity index (χ0v) is 13.6. The Morgan fingerprint density at radius 2 is 2.00 bits per heavy atom. The highest BCUT2D eigenvalue weighted by atomic mass is 35.5. The summed E-state index contributed by atoms with van der Waals surface area (Å²) in [5, 5.41) is 2.99. The number of rotatable bonds is 3. The standard InChI is InChI=1S/C15H13ClN2O4S/c1-9-15(19)17-13-8-11(5-6-14(13)22-9)18-23(20,21)12-4-2-3-10(16)7-12/h2-9,18H,1H3,(H,17,19). The van der Waals surface area contributed by atoms with Crippen molar-refractivity contribution < 1.29 is 17.9 Å². The van der Waals surface area contributed by atoms with E-state index in [-0.39, 0.29) is 10.8 Å². The fraction of sp³-hybridized carbons (Fsp3) is 0.133. The second-order valence-corrected chi connectivity index (χ2v) is 7.14. The van der Waals surface area contributed by atoms with Crippen molar-refractivity contribution in [3.8, 4) is 5.75 Å². The predicted octanol–water partition coefficient (Wildman–Crippen LogP) is 2.86. The average molecular weight is 353 g/mol. The molecule has 2 aromatic carbocycles. The van der Waals surface area contributed by atoms with Gasteiger partial charge in [-0.3, -0.25) is 9.52 Å². The van der Waals surface area contributed by atoms with Gasteiger partial charge in [-0.1, -0.05) is 17.7 Å². The Morgan fingerprint density at radius 1 is 1.22 bits per heavy atom. The van der Waals surface area contributed by atoms with Gasteiger partial charge in [-0.05, 0) is 43.3 Å². The maximum atomic E-state index is 12.3. The van der Waals surface area contributed by atoms with Gasteiger partial charge in [-0.25, -0.2) is 8.42 Å². The Balaban J connectivity index is 1.89. The molecule has 1 heterocycles. The SMILES string of the molecule is CC1Oc2ccc(NS(=O)(=O)c3cccc(Cl)c3)cc2NC1=O. The Labute approximate surface area is 138 Å². The lowest BCUT2D eigenvalue weighted by Crippen LogP contribution is -2.34. The van der Waals surface area contributed by atoms with Crippen molar-refractivity contribution >= 4 is 38.9 Å². The smallest absolute Gasteiger partial charge is 0.265 e. The molecule has 3 rings (SSSR count). The first kappa shape index (κ1) is 15.6. The van der Waals surface area contributed by atoms with Gasteiger partial charge in [0.25, 0.3) is 15.9 Å². The Kier molecular flexibility index (Phi) is 3.91. The number of anilines is 2. The molecule has 0 saturated heterocycles. The van der Waals surface area contributed by atoms with E-state index < -0.39 is 16.1 Å². The molecule has 120 valence electrons. The number of fused-ring (bicyclic) bond motifs is 1. The molecule has 1 aliphatic rings. The molecule has 1 aliphatic heterocycles. The van der Waals surface area contributed by atoms with E-state index in [0.29, 0.717) is 22.1 Å². The van der Waals surface area contributed by atoms with Crippen LogP contribution < -0.4 is 14.8 Å². The van der Waals surface area contributed by atoms with E-state index in [1.165, 1.54) is 18.2 Å². The largest absolute Gasteiger partial charge is 0.479 e. The lowest BCUT2D eigenvalue weighted by atomic mass is 10.2. The van der Waals surface area contributed by atoms with Gasteiger partial charge in [-0.15, -0.1) is 0 Å². The normalized spacial score (nSPS) is 17.0. The molecule has 6 nitrogen and oxygen atoms in total. The quantitative estimate of drug-likeness (QED) is 0.889. The van der Waals surface area contributed by atoms with Crippen molar-refractivity contribution in [2.75, 3.05) is 10.0 Å². The number of halogens is 1. The van der Waals surface area contributed by atoms with Crippen molar-refractivity contribution in [3.63, 3.8) is 0 Å². The summed E-state index contributed by atoms with van der Waals surface area (Å²) in [4.78, 5) is 11.7. The van der Waals surface area contributed by atoms with E-state index in [9.17, 15) is 13.2 Å². The molecule has 0 radical (unpaired) electrons. The molecule has 0 aliphatic carbocycles. The number of carbonyl (C=O) groups excluding carboxylic acids is 1. The zero-order chi connectivity index (χ0) is 16.6. The molecule has 23 heavy (non-hydrogen) atoms. The molecule has 2 N–H and O–H groups in total. The summed E-state index contributed by atoms with van der Waals surface area (Å²) in [7, 11) is -3.77. The number of hydrogen-bond donors (Lipinski definition) is 2. The Hall–Kier alpha value is -2.25. The summed E-state index contributed by atoms with van der Waals surface area (Å²) < 4.78 is 32.6. The van der Waals surface area contributed by atoms with E-state index in [4.69, 9.17) is 16.3 Å². The van der Waals surface area contributed by atoms with Gasteiger partial charge in [-0.2, -0.15) is 0 Å². The van der Waals surface area contributed by atoms with Crippen LogP contribution in [-0.2, 0) is 14.8 Å². The van der Waals surface area contributed by atoms with Crippen LogP contribution in [0.3, 0.4) is 0 Å². The van der Waals surface area contributed by atoms with Gasteiger partial charge in [0.1, 0.15) is 5.75 Å². The highest BCUT2D eigenvalue weighted by Gasteiger charge is 2.24. The van der Waals surface area contributed by atoms with Gasteiger partial charge in [0.2, 0.25) is 0 Å². The van der Waals surface area contributed by atoms with E-state index in [1.54, 1.807) is 31.2 Å². The molecule has 0 fully saturated rings. The minimum absolute atomic E-state index is 0.0524. The third-order valence-corrected chi connectivity index (χ3v) is 4.88. The highest BCUT2D eigenvalue weighted by Crippen LogP contribution is 2.33. The van der Waals surface area contributed by atoms with Crippen LogP contribution in [0.4, 0.5) is 11.4 Å². The molecule has 0 aromatic heterocycles. The maximum Gasteiger partial charge on any atom is 0.265 e. The minimum Gasteiger partial charge on any atom is -0.479 e. The van der Waals surface area contributed by atoms with Crippen molar-refractivity contribution in [3.05, 3.63) is 47.5 Å². The van der Waals surface area contributed by atoms with Crippen LogP contribution in [0.25, 0.3) is 0 Å². The van der Waals surface area contributed by atoms with E-state index in [1.807, 2.05) is 0 Å². The van der Waals surface area contributed by atoms with Gasteiger partial charge < -0.3 is 10.1 Å². The molecule has 8 heteroatoms. The van der Waals surface area contributed by atoms with Crippen molar-refractivity contribution in [2.24, 2.45) is 0 Å². The first-order chi connectivity index (χ1) is 10.8. The Bertz CT molecular complexity index is 883. The molecule has 0 bridgehead atoms. The summed E-state index contributed by atoms with van der Waals surface area (Å²) in [5.41, 5.74) is 0.724. The molecule has 1 unspecified atom stereocenters. The van der Waals surface area contributed by atoms with Crippen molar-refractivity contribution in [1.29, 1.82) is 0 Å². The minimum atomic E-state index is -3.77. The van der Waals surface area contributed by atoms with Crippen LogP contribution in [0.1, 0.15) is 6.92 Å². The lowest BCUT2D eigenvalue weighted by Gasteiger charge is -2.23. The first-order valence-electron chi connectivity index (χ1n) is 6.75. The van der Waals surface area contributed by atoms with E-state index in [2.05, 4.69) is 10.0 Å². The van der Waals surface area contributed by atoms with Crippen LogP contribution in [-0.4, -0.2) is 20.4 Å². The molecule has 0 spiro atoms. The second kappa shape index (κ2) is 5.75. The molecule has 0 saturated carbocycles. The van der Waals surface area contributed by atoms with Gasteiger partial charge in [0.05, 0.1) is 16.3 Å². The number of ether oxygens (including phenoxy) is 1. The molecule has 1 amide bonds. The number of amides is 1. The fourth-order valence-corrected chi connectivity index (χ4v) is 3.47. The predicted molar refractivity (Wildman–Crippen MR) is 87.4 cm³/mol. The van der Waals surface area contributed by atoms with E-state index >= 15 is 0 Å². The summed E-state index contributed by atoms with van der Waals surface area (Å²) in [5.74, 6) is 0.204. The fourth-order valence-electron chi connectivity index (χ4n) is 2.12. The number of hydrogen-bond acceptors (Lipinski definition) is 4. The van der Waals surface area contributed by atoms with E-state index in [0.717, 1.165) is 0 Å². The highest BCUT2D eigenvalue weighted by molar-refractivity contribution is 7.92. The number of benzene rings is 2. The first-order valence-corrected chi connectivity index (χ1v) is 8.61. The number of sulfonamides is 1. The molecule has 1 atom stereocenters. The van der Waals surface area contributed by atoms with Gasteiger partial charge in [0, 0.05) is 5.02 Å². The average Bonchev–Trinajstić information content (AvgIpc) is 2.48. The number of nitrogens with one attached hydrogen (secondary N) is 2. The van der Waals surface area contributed by atoms with Crippen molar-refractivity contribution in [2.45, 2.75) is 17.9 Å². The molecular weight excluding hydrogens is 340 g/mol. The van der Waals surface area contributed by atoms with Crippen LogP contribution in [0.2, 0.25) is 5.02 Å². The van der Waals surface area contributed by atoms with Gasteiger partial charge >= 0.3 is 0 Å². The third-order valence-electron chi connectivity index (χ3n) is 3.27. The lowest BCUT2D eigenvalue weighted by molar-refractivity contribution is -0.122. The summed E-state index contributed by atoms with van der Waals surface area (Å²) in [6.45, 7) is 1.63. The Morgan fingerprint density at radius 3 is 2.74 bits per heavy atom. The van der Waals surface area contributed by atoms with Crippen LogP contribution in [0.5, 0.6) is 5.75 Å². The summed E-state index contributed by atoms with van der Waals surface area (Å²) in [6.07, 6.45) is -0.587. The third kappa shape index (κ3) is 3.25. The zero-order valence-electron chi connectivity index (χ0n) is 12.0. The second-order valence-electron chi connectivity index (χ2n) is 5.02. The molecular formula is C15H13ClN2O4S. The monoisotopic (exact) mass is 352 g/mol. The van der Waals surface area contributed by atoms with Crippen LogP contribution >= 0.6 is 11.6 Å².